The Kier molecular flexibility index (Phi) is 5.59. The quantitative estimate of drug-likeness (QED) is 0.742. The number of fused-ring (bicyclic) bond motifs is 1. The fourth-order valence-corrected chi connectivity index (χ4v) is 3.41. The molecular formula is C23H26O5. The Morgan fingerprint density at radius 3 is 2.57 bits per heavy atom. The Morgan fingerprint density at radius 1 is 1.18 bits per heavy atom. The van der Waals surface area contributed by atoms with Crippen molar-refractivity contribution in [3.8, 4) is 11.5 Å². The van der Waals surface area contributed by atoms with Crippen LogP contribution in [0.5, 0.6) is 11.5 Å². The van der Waals surface area contributed by atoms with Crippen molar-refractivity contribution in [1.29, 1.82) is 0 Å². The number of methoxy groups -OCH3 is 1. The summed E-state index contributed by atoms with van der Waals surface area (Å²) < 4.78 is 11.3. The number of hydrogen-bond acceptors (Lipinski definition) is 5. The second-order valence-electron chi connectivity index (χ2n) is 7.55. The van der Waals surface area contributed by atoms with Crippen LogP contribution in [0.25, 0.3) is 6.08 Å². The van der Waals surface area contributed by atoms with Crippen molar-refractivity contribution >= 4 is 11.9 Å². The molecular weight excluding hydrogens is 356 g/mol. The molecule has 1 unspecified atom stereocenters. The number of rotatable bonds is 6. The molecule has 1 atom stereocenters. The zero-order chi connectivity index (χ0) is 20.5. The molecule has 2 aromatic rings. The predicted octanol–water partition coefficient (Wildman–Crippen LogP) is 3.85. The molecule has 0 bridgehead atoms. The third-order valence-corrected chi connectivity index (χ3v) is 5.10. The number of benzene rings is 2. The smallest absolute Gasteiger partial charge is 0.170 e. The van der Waals surface area contributed by atoms with Crippen LogP contribution in [-0.4, -0.2) is 28.7 Å². The van der Waals surface area contributed by atoms with Gasteiger partial charge in [-0.05, 0) is 55.3 Å². The normalized spacial score (nSPS) is 15.5. The topological polar surface area (TPSA) is 76.0 Å². The van der Waals surface area contributed by atoms with Crippen LogP contribution in [0.3, 0.4) is 0 Å². The van der Waals surface area contributed by atoms with E-state index in [0.717, 1.165) is 16.9 Å². The Balaban J connectivity index is 1.93. The van der Waals surface area contributed by atoms with Gasteiger partial charge in [0.05, 0.1) is 20.3 Å². The van der Waals surface area contributed by atoms with Crippen LogP contribution in [0, 0.1) is 0 Å². The second-order valence-corrected chi connectivity index (χ2v) is 7.55. The van der Waals surface area contributed by atoms with Crippen molar-refractivity contribution in [2.75, 3.05) is 7.11 Å². The Hall–Kier alpha value is -2.63. The molecule has 0 spiro atoms. The minimum absolute atomic E-state index is 0.0382. The summed E-state index contributed by atoms with van der Waals surface area (Å²) in [7, 11) is 1.50. The maximum Gasteiger partial charge on any atom is 0.170 e. The third kappa shape index (κ3) is 3.81. The highest BCUT2D eigenvalue weighted by molar-refractivity contribution is 6.01. The molecule has 5 nitrogen and oxygen atoms in total. The van der Waals surface area contributed by atoms with Crippen LogP contribution in [0.1, 0.15) is 59.3 Å². The van der Waals surface area contributed by atoms with E-state index in [-0.39, 0.29) is 24.6 Å². The number of carbonyl (C=O) groups excluding carboxylic acids is 1. The van der Waals surface area contributed by atoms with Crippen molar-refractivity contribution in [1.82, 2.24) is 0 Å². The monoisotopic (exact) mass is 382 g/mol. The van der Waals surface area contributed by atoms with Crippen LogP contribution >= 0.6 is 0 Å². The van der Waals surface area contributed by atoms with E-state index in [0.29, 0.717) is 22.4 Å². The molecule has 0 saturated carbocycles. The van der Waals surface area contributed by atoms with E-state index in [1.807, 2.05) is 45.1 Å². The van der Waals surface area contributed by atoms with Crippen molar-refractivity contribution < 1.29 is 24.5 Å². The molecule has 0 amide bonds. The summed E-state index contributed by atoms with van der Waals surface area (Å²) >= 11 is 0. The van der Waals surface area contributed by atoms with Gasteiger partial charge in [-0.1, -0.05) is 19.1 Å². The number of ketones is 1. The molecule has 5 heteroatoms. The molecule has 148 valence electrons. The average molecular weight is 382 g/mol. The van der Waals surface area contributed by atoms with Crippen LogP contribution in [-0.2, 0) is 13.2 Å². The Bertz CT molecular complexity index is 902. The van der Waals surface area contributed by atoms with E-state index >= 15 is 0 Å². The van der Waals surface area contributed by atoms with Gasteiger partial charge < -0.3 is 19.7 Å². The lowest BCUT2D eigenvalue weighted by Gasteiger charge is -2.28. The number of hydrogen-bond donors (Lipinski definition) is 2. The maximum atomic E-state index is 13.1. The summed E-state index contributed by atoms with van der Waals surface area (Å²) in [6.07, 6.45) is 3.95. The molecule has 0 radical (unpaired) electrons. The molecule has 1 aliphatic heterocycles. The molecule has 1 aliphatic rings. The molecule has 3 rings (SSSR count). The first kappa shape index (κ1) is 20.1. The van der Waals surface area contributed by atoms with Gasteiger partial charge in [-0.25, -0.2) is 0 Å². The zero-order valence-corrected chi connectivity index (χ0v) is 16.7. The van der Waals surface area contributed by atoms with E-state index in [4.69, 9.17) is 9.47 Å². The summed E-state index contributed by atoms with van der Waals surface area (Å²) in [4.78, 5) is 13.1. The van der Waals surface area contributed by atoms with E-state index in [2.05, 4.69) is 0 Å². The second kappa shape index (κ2) is 7.78. The largest absolute Gasteiger partial charge is 0.496 e. The molecule has 1 heterocycles. The highest BCUT2D eigenvalue weighted by Gasteiger charge is 2.24. The number of Topliss-reactive ketones (excluding diaryl/α,β-unsaturated/α-hetero) is 1. The summed E-state index contributed by atoms with van der Waals surface area (Å²) in [5.74, 6) is 0.750. The highest BCUT2D eigenvalue weighted by atomic mass is 16.5. The lowest BCUT2D eigenvalue weighted by molar-refractivity contribution is 0.0965. The van der Waals surface area contributed by atoms with Gasteiger partial charge in [0, 0.05) is 22.6 Å². The van der Waals surface area contributed by atoms with Crippen LogP contribution < -0.4 is 9.47 Å². The van der Waals surface area contributed by atoms with Crippen LogP contribution in [0.15, 0.2) is 36.4 Å². The van der Waals surface area contributed by atoms with Crippen molar-refractivity contribution in [2.24, 2.45) is 0 Å². The molecule has 28 heavy (non-hydrogen) atoms. The maximum absolute atomic E-state index is 13.1. The summed E-state index contributed by atoms with van der Waals surface area (Å²) in [6, 6.07) is 8.94. The van der Waals surface area contributed by atoms with Crippen LogP contribution in [0.2, 0.25) is 0 Å². The van der Waals surface area contributed by atoms with Crippen molar-refractivity contribution in [3.63, 3.8) is 0 Å². The lowest BCUT2D eigenvalue weighted by Crippen LogP contribution is -2.27. The van der Waals surface area contributed by atoms with Gasteiger partial charge in [0.2, 0.25) is 0 Å². The number of carbonyl (C=O) groups is 1. The first-order valence-electron chi connectivity index (χ1n) is 9.27. The minimum Gasteiger partial charge on any atom is -0.496 e. The van der Waals surface area contributed by atoms with E-state index < -0.39 is 5.92 Å². The molecule has 2 aromatic carbocycles. The fraction of sp³-hybridized carbons (Fsp3) is 0.348. The summed E-state index contributed by atoms with van der Waals surface area (Å²) in [6.45, 7) is 5.31. The fourth-order valence-electron chi connectivity index (χ4n) is 3.41. The summed E-state index contributed by atoms with van der Waals surface area (Å²) in [5, 5.41) is 19.2. The standard InChI is InChI=1S/C23H26O5/c1-14(17-10-18(12-24)19(13-25)21(11-17)27-4)22(26)16-5-6-20-15(9-16)7-8-23(2,3)28-20/h5-11,14,24-25H,12-13H2,1-4H3. The minimum atomic E-state index is -0.435. The van der Waals surface area contributed by atoms with Gasteiger partial charge in [0.25, 0.3) is 0 Å². The van der Waals surface area contributed by atoms with Crippen molar-refractivity contribution in [3.05, 3.63) is 64.2 Å². The Labute approximate surface area is 165 Å². The molecule has 0 fully saturated rings. The number of ether oxygens (including phenoxy) is 2. The molecule has 0 aromatic heterocycles. The third-order valence-electron chi connectivity index (χ3n) is 5.10. The van der Waals surface area contributed by atoms with Gasteiger partial charge in [0.1, 0.15) is 17.1 Å². The van der Waals surface area contributed by atoms with E-state index in [1.54, 1.807) is 18.2 Å². The van der Waals surface area contributed by atoms with E-state index in [9.17, 15) is 15.0 Å². The van der Waals surface area contributed by atoms with Gasteiger partial charge in [-0.15, -0.1) is 0 Å². The van der Waals surface area contributed by atoms with E-state index in [1.165, 1.54) is 7.11 Å². The number of aliphatic hydroxyl groups is 2. The predicted molar refractivity (Wildman–Crippen MR) is 108 cm³/mol. The molecule has 2 N–H and O–H groups in total. The van der Waals surface area contributed by atoms with Gasteiger partial charge >= 0.3 is 0 Å². The van der Waals surface area contributed by atoms with Gasteiger partial charge in [-0.3, -0.25) is 4.79 Å². The van der Waals surface area contributed by atoms with Gasteiger partial charge in [0.15, 0.2) is 5.78 Å². The summed E-state index contributed by atoms with van der Waals surface area (Å²) in [5.41, 5.74) is 2.93. The molecule has 0 aliphatic carbocycles. The number of aliphatic hydroxyl groups excluding tert-OH is 2. The van der Waals surface area contributed by atoms with Crippen molar-refractivity contribution in [2.45, 2.75) is 45.5 Å². The molecule has 0 saturated heterocycles. The average Bonchev–Trinajstić information content (AvgIpc) is 2.70. The van der Waals surface area contributed by atoms with Crippen LogP contribution in [0.4, 0.5) is 0 Å². The highest BCUT2D eigenvalue weighted by Crippen LogP contribution is 2.34. The Morgan fingerprint density at radius 2 is 1.93 bits per heavy atom. The lowest BCUT2D eigenvalue weighted by atomic mass is 9.89. The first-order chi connectivity index (χ1) is 13.3. The van der Waals surface area contributed by atoms with Gasteiger partial charge in [-0.2, -0.15) is 0 Å². The SMILES string of the molecule is COc1cc(C(C)C(=O)c2ccc3c(c2)C=CC(C)(C)O3)cc(CO)c1CO. The zero-order valence-electron chi connectivity index (χ0n) is 16.7. The first-order valence-corrected chi connectivity index (χ1v) is 9.27.